The van der Waals surface area contributed by atoms with Crippen molar-refractivity contribution in [1.82, 2.24) is 19.8 Å². The highest BCUT2D eigenvalue weighted by Crippen LogP contribution is 2.33. The smallest absolute Gasteiger partial charge is 0.244 e. The molecule has 1 atom stereocenters. The van der Waals surface area contributed by atoms with Gasteiger partial charge in [0.2, 0.25) is 5.91 Å². The molecule has 0 aliphatic carbocycles. The molecular formula is C15H19ClN4O2. The van der Waals surface area contributed by atoms with Crippen LogP contribution in [0, 0.1) is 0 Å². The molecule has 118 valence electrons. The fourth-order valence-electron chi connectivity index (χ4n) is 2.75. The van der Waals surface area contributed by atoms with Crippen LogP contribution < -0.4 is 0 Å². The molecule has 0 spiro atoms. The normalized spacial score (nSPS) is 18.4. The lowest BCUT2D eigenvalue weighted by Crippen LogP contribution is -2.33. The van der Waals surface area contributed by atoms with Crippen molar-refractivity contribution in [3.63, 3.8) is 0 Å². The van der Waals surface area contributed by atoms with Crippen LogP contribution >= 0.6 is 11.6 Å². The zero-order chi connectivity index (χ0) is 15.7. The van der Waals surface area contributed by atoms with Gasteiger partial charge in [0.1, 0.15) is 6.54 Å². The number of amides is 1. The van der Waals surface area contributed by atoms with E-state index in [9.17, 15) is 4.79 Å². The van der Waals surface area contributed by atoms with E-state index in [1.54, 1.807) is 10.9 Å². The van der Waals surface area contributed by atoms with Crippen LogP contribution in [0.4, 0.5) is 0 Å². The van der Waals surface area contributed by atoms with Gasteiger partial charge in [0.25, 0.3) is 0 Å². The molecule has 6 nitrogen and oxygen atoms in total. The Kier molecular flexibility index (Phi) is 4.20. The first-order valence-corrected chi connectivity index (χ1v) is 7.86. The van der Waals surface area contributed by atoms with Crippen molar-refractivity contribution < 1.29 is 9.32 Å². The highest BCUT2D eigenvalue weighted by atomic mass is 35.5. The van der Waals surface area contributed by atoms with Gasteiger partial charge in [0.15, 0.2) is 5.76 Å². The fraction of sp³-hybridized carbons (Fsp3) is 0.533. The third-order valence-electron chi connectivity index (χ3n) is 3.94. The molecule has 0 bridgehead atoms. The van der Waals surface area contributed by atoms with E-state index in [0.717, 1.165) is 30.8 Å². The van der Waals surface area contributed by atoms with Crippen LogP contribution in [0.3, 0.4) is 0 Å². The molecule has 0 N–H and O–H groups in total. The first-order chi connectivity index (χ1) is 10.5. The van der Waals surface area contributed by atoms with Gasteiger partial charge in [0.05, 0.1) is 23.0 Å². The van der Waals surface area contributed by atoms with E-state index in [2.05, 4.69) is 24.1 Å². The second-order valence-corrected chi connectivity index (χ2v) is 6.35. The number of hydrogen-bond acceptors (Lipinski definition) is 4. The Bertz CT molecular complexity index is 664. The first kappa shape index (κ1) is 15.1. The van der Waals surface area contributed by atoms with E-state index < -0.39 is 0 Å². The standard InChI is InChI=1S/C15H19ClN4O2/c1-10(2)12-6-14(22-18-12)13-4-3-5-20(13)15(21)9-19-8-11(16)7-17-19/h6-8,10,13H,3-5,9H2,1-2H3/t13-/m1/s1. The zero-order valence-electron chi connectivity index (χ0n) is 12.7. The lowest BCUT2D eigenvalue weighted by Gasteiger charge is -2.22. The summed E-state index contributed by atoms with van der Waals surface area (Å²) in [7, 11) is 0. The summed E-state index contributed by atoms with van der Waals surface area (Å²) in [5, 5.41) is 8.68. The number of carbonyl (C=O) groups excluding carboxylic acids is 1. The van der Waals surface area contributed by atoms with E-state index in [0.29, 0.717) is 10.9 Å². The Morgan fingerprint density at radius 2 is 2.36 bits per heavy atom. The molecule has 1 amide bonds. The van der Waals surface area contributed by atoms with E-state index in [1.165, 1.54) is 6.20 Å². The molecule has 0 unspecified atom stereocenters. The van der Waals surface area contributed by atoms with Crippen molar-refractivity contribution in [2.45, 2.75) is 45.2 Å². The molecule has 1 fully saturated rings. The van der Waals surface area contributed by atoms with Crippen molar-refractivity contribution in [3.05, 3.63) is 34.9 Å². The minimum absolute atomic E-state index is 0.0183. The van der Waals surface area contributed by atoms with Gasteiger partial charge in [-0.2, -0.15) is 5.10 Å². The molecule has 1 aliphatic rings. The number of carbonyl (C=O) groups is 1. The maximum Gasteiger partial charge on any atom is 0.244 e. The highest BCUT2D eigenvalue weighted by molar-refractivity contribution is 6.30. The predicted molar refractivity (Wildman–Crippen MR) is 81.5 cm³/mol. The maximum absolute atomic E-state index is 12.5. The topological polar surface area (TPSA) is 64.2 Å². The summed E-state index contributed by atoms with van der Waals surface area (Å²) in [6.07, 6.45) is 5.05. The number of hydrogen-bond donors (Lipinski definition) is 0. The number of likely N-dealkylation sites (tertiary alicyclic amines) is 1. The van der Waals surface area contributed by atoms with Crippen molar-refractivity contribution in [3.8, 4) is 0 Å². The summed E-state index contributed by atoms with van der Waals surface area (Å²) < 4.78 is 7.01. The van der Waals surface area contributed by atoms with E-state index in [4.69, 9.17) is 16.1 Å². The molecule has 0 saturated carbocycles. The monoisotopic (exact) mass is 322 g/mol. The minimum atomic E-state index is -0.0291. The largest absolute Gasteiger partial charge is 0.359 e. The van der Waals surface area contributed by atoms with Crippen LogP contribution in [0.2, 0.25) is 5.02 Å². The van der Waals surface area contributed by atoms with Crippen LogP contribution in [0.25, 0.3) is 0 Å². The molecule has 22 heavy (non-hydrogen) atoms. The highest BCUT2D eigenvalue weighted by Gasteiger charge is 2.33. The Morgan fingerprint density at radius 3 is 3.00 bits per heavy atom. The average Bonchev–Trinajstić information content (AvgIpc) is 3.16. The van der Waals surface area contributed by atoms with Crippen molar-refractivity contribution >= 4 is 17.5 Å². The van der Waals surface area contributed by atoms with Gasteiger partial charge < -0.3 is 9.42 Å². The SMILES string of the molecule is CC(C)c1cc([C@H]2CCCN2C(=O)Cn2cc(Cl)cn2)on1. The van der Waals surface area contributed by atoms with Crippen LogP contribution in [0.5, 0.6) is 0 Å². The summed E-state index contributed by atoms with van der Waals surface area (Å²) in [6.45, 7) is 5.06. The zero-order valence-corrected chi connectivity index (χ0v) is 13.5. The Hall–Kier alpha value is -1.82. The summed E-state index contributed by atoms with van der Waals surface area (Å²) in [5.74, 6) is 1.10. The Morgan fingerprint density at radius 1 is 1.55 bits per heavy atom. The minimum Gasteiger partial charge on any atom is -0.359 e. The Balaban J connectivity index is 1.73. The summed E-state index contributed by atoms with van der Waals surface area (Å²) in [4.78, 5) is 14.4. The van der Waals surface area contributed by atoms with Crippen molar-refractivity contribution in [2.75, 3.05) is 6.54 Å². The molecule has 0 aromatic carbocycles. The van der Waals surface area contributed by atoms with Gasteiger partial charge in [-0.15, -0.1) is 0 Å². The molecule has 1 aliphatic heterocycles. The van der Waals surface area contributed by atoms with Gasteiger partial charge in [-0.1, -0.05) is 30.6 Å². The summed E-state index contributed by atoms with van der Waals surface area (Å²) in [6, 6.07) is 1.93. The van der Waals surface area contributed by atoms with Crippen molar-refractivity contribution in [1.29, 1.82) is 0 Å². The summed E-state index contributed by atoms with van der Waals surface area (Å²) >= 11 is 5.83. The lowest BCUT2D eigenvalue weighted by atomic mass is 10.1. The predicted octanol–water partition coefficient (Wildman–Crippen LogP) is 3.01. The molecule has 2 aromatic heterocycles. The van der Waals surface area contributed by atoms with E-state index in [-0.39, 0.29) is 18.5 Å². The third kappa shape index (κ3) is 3.02. The number of rotatable bonds is 4. The van der Waals surface area contributed by atoms with Gasteiger partial charge in [-0.3, -0.25) is 9.48 Å². The average molecular weight is 323 g/mol. The van der Waals surface area contributed by atoms with E-state index in [1.807, 2.05) is 11.0 Å². The van der Waals surface area contributed by atoms with Crippen LogP contribution in [-0.4, -0.2) is 32.3 Å². The van der Waals surface area contributed by atoms with Gasteiger partial charge in [-0.25, -0.2) is 0 Å². The molecular weight excluding hydrogens is 304 g/mol. The number of nitrogens with zero attached hydrogens (tertiary/aromatic N) is 4. The van der Waals surface area contributed by atoms with Crippen molar-refractivity contribution in [2.24, 2.45) is 0 Å². The third-order valence-corrected chi connectivity index (χ3v) is 4.13. The molecule has 3 rings (SSSR count). The molecule has 2 aromatic rings. The van der Waals surface area contributed by atoms with Crippen LogP contribution in [0.1, 0.15) is 50.1 Å². The molecule has 1 saturated heterocycles. The van der Waals surface area contributed by atoms with E-state index >= 15 is 0 Å². The van der Waals surface area contributed by atoms with Gasteiger partial charge in [-0.05, 0) is 18.8 Å². The maximum atomic E-state index is 12.5. The summed E-state index contributed by atoms with van der Waals surface area (Å²) in [5.41, 5.74) is 0.924. The number of halogens is 1. The second-order valence-electron chi connectivity index (χ2n) is 5.91. The first-order valence-electron chi connectivity index (χ1n) is 7.48. The number of aromatic nitrogens is 3. The molecule has 0 radical (unpaired) electrons. The van der Waals surface area contributed by atoms with Crippen LogP contribution in [0.15, 0.2) is 23.0 Å². The second kappa shape index (κ2) is 6.12. The van der Waals surface area contributed by atoms with Gasteiger partial charge in [0, 0.05) is 18.8 Å². The molecule has 7 heteroatoms. The molecule has 3 heterocycles. The quantitative estimate of drug-likeness (QED) is 0.868. The lowest BCUT2D eigenvalue weighted by molar-refractivity contribution is -0.133. The Labute approximate surface area is 134 Å². The van der Waals surface area contributed by atoms with Gasteiger partial charge >= 0.3 is 0 Å². The fourth-order valence-corrected chi connectivity index (χ4v) is 2.90. The van der Waals surface area contributed by atoms with Crippen LogP contribution in [-0.2, 0) is 11.3 Å².